The maximum absolute atomic E-state index is 13.2. The van der Waals surface area contributed by atoms with E-state index in [1.807, 2.05) is 42.1 Å². The Kier molecular flexibility index (Phi) is 5.60. The number of ether oxygens (including phenoxy) is 1. The molecule has 2 fully saturated rings. The second-order valence-corrected chi connectivity index (χ2v) is 8.65. The molecule has 1 unspecified atom stereocenters. The maximum Gasteiger partial charge on any atom is 0.312 e. The molecule has 5 nitrogen and oxygen atoms in total. The number of hydrogen-bond donors (Lipinski definition) is 0. The van der Waals surface area contributed by atoms with Crippen molar-refractivity contribution in [3.63, 3.8) is 0 Å². The molecular weight excluding hydrogens is 383 g/mol. The third-order valence-electron chi connectivity index (χ3n) is 6.19. The molecule has 30 heavy (non-hydrogen) atoms. The molecule has 1 spiro atoms. The highest BCUT2D eigenvalue weighted by Crippen LogP contribution is 2.43. The van der Waals surface area contributed by atoms with E-state index in [0.717, 1.165) is 24.1 Å². The summed E-state index contributed by atoms with van der Waals surface area (Å²) in [6.07, 6.45) is 1.94. The molecule has 0 saturated carbocycles. The predicted molar refractivity (Wildman–Crippen MR) is 112 cm³/mol. The van der Waals surface area contributed by atoms with E-state index in [1.54, 1.807) is 18.2 Å². The number of halogens is 1. The van der Waals surface area contributed by atoms with E-state index in [-0.39, 0.29) is 23.8 Å². The minimum absolute atomic E-state index is 0.0370. The Bertz CT molecular complexity index is 934. The van der Waals surface area contributed by atoms with Crippen molar-refractivity contribution >= 4 is 11.9 Å². The van der Waals surface area contributed by atoms with Crippen molar-refractivity contribution in [1.82, 2.24) is 9.80 Å². The number of benzene rings is 2. The second kappa shape index (κ2) is 8.19. The molecule has 1 atom stereocenters. The van der Waals surface area contributed by atoms with Gasteiger partial charge in [-0.15, -0.1) is 0 Å². The number of carbonyl (C=O) groups excluding carboxylic acids is 2. The van der Waals surface area contributed by atoms with Gasteiger partial charge >= 0.3 is 5.97 Å². The first-order valence-corrected chi connectivity index (χ1v) is 10.4. The summed E-state index contributed by atoms with van der Waals surface area (Å²) in [5.41, 5.74) is 1.89. The Labute approximate surface area is 176 Å². The Balaban J connectivity index is 1.43. The van der Waals surface area contributed by atoms with Crippen molar-refractivity contribution in [3.05, 3.63) is 59.9 Å². The fourth-order valence-corrected chi connectivity index (χ4v) is 4.55. The van der Waals surface area contributed by atoms with Gasteiger partial charge in [0.1, 0.15) is 11.9 Å². The van der Waals surface area contributed by atoms with E-state index in [2.05, 4.69) is 0 Å². The van der Waals surface area contributed by atoms with Crippen LogP contribution in [-0.4, -0.2) is 61.5 Å². The molecule has 2 aromatic carbocycles. The lowest BCUT2D eigenvalue weighted by molar-refractivity contribution is -0.150. The van der Waals surface area contributed by atoms with E-state index >= 15 is 0 Å². The van der Waals surface area contributed by atoms with Crippen molar-refractivity contribution in [1.29, 1.82) is 0 Å². The number of piperidine rings is 1. The fraction of sp³-hybridized carbons (Fsp3) is 0.417. The van der Waals surface area contributed by atoms with E-state index in [9.17, 15) is 14.0 Å². The van der Waals surface area contributed by atoms with Gasteiger partial charge in [-0.1, -0.05) is 24.3 Å². The Hall–Kier alpha value is -2.73. The van der Waals surface area contributed by atoms with Crippen LogP contribution in [0.3, 0.4) is 0 Å². The topological polar surface area (TPSA) is 49.9 Å². The van der Waals surface area contributed by atoms with Gasteiger partial charge in [0.05, 0.1) is 5.41 Å². The first-order chi connectivity index (χ1) is 14.4. The summed E-state index contributed by atoms with van der Waals surface area (Å²) < 4.78 is 18.8. The number of amides is 1. The van der Waals surface area contributed by atoms with Crippen molar-refractivity contribution in [2.24, 2.45) is 5.41 Å². The van der Waals surface area contributed by atoms with Gasteiger partial charge in [-0.25, -0.2) is 4.39 Å². The molecule has 0 aliphatic carbocycles. The van der Waals surface area contributed by atoms with Gasteiger partial charge in [0.25, 0.3) is 5.91 Å². The normalized spacial score (nSPS) is 20.6. The maximum atomic E-state index is 13.2. The third-order valence-corrected chi connectivity index (χ3v) is 6.19. The zero-order valence-corrected chi connectivity index (χ0v) is 17.4. The van der Waals surface area contributed by atoms with Crippen LogP contribution in [0.25, 0.3) is 11.1 Å². The van der Waals surface area contributed by atoms with Crippen LogP contribution in [-0.2, 0) is 9.53 Å². The van der Waals surface area contributed by atoms with E-state index < -0.39 is 5.41 Å². The largest absolute Gasteiger partial charge is 0.461 e. The van der Waals surface area contributed by atoms with Gasteiger partial charge in [-0.3, -0.25) is 9.59 Å². The Morgan fingerprint density at radius 2 is 1.83 bits per heavy atom. The van der Waals surface area contributed by atoms with Crippen LogP contribution in [0, 0.1) is 11.2 Å². The lowest BCUT2D eigenvalue weighted by Gasteiger charge is -2.36. The summed E-state index contributed by atoms with van der Waals surface area (Å²) in [5.74, 6) is -0.434. The van der Waals surface area contributed by atoms with Gasteiger partial charge in [0.15, 0.2) is 0 Å². The number of cyclic esters (lactones) is 1. The monoisotopic (exact) mass is 410 g/mol. The summed E-state index contributed by atoms with van der Waals surface area (Å²) in [7, 11) is 3.94. The van der Waals surface area contributed by atoms with Crippen LogP contribution in [0.15, 0.2) is 48.5 Å². The molecule has 6 heteroatoms. The average molecular weight is 410 g/mol. The minimum atomic E-state index is -0.451. The molecule has 0 radical (unpaired) electrons. The molecule has 4 rings (SSSR count). The van der Waals surface area contributed by atoms with Crippen molar-refractivity contribution in [2.75, 3.05) is 33.7 Å². The molecule has 0 aromatic heterocycles. The van der Waals surface area contributed by atoms with E-state index in [4.69, 9.17) is 4.74 Å². The standard InChI is InChI=1S/C24H27FN2O3/c1-26(2)16-21-15-24(23(29)30-21)10-12-27(13-11-24)22(28)19-5-3-4-18(14-19)17-6-8-20(25)9-7-17/h3-9,14,21H,10-13,15-16H2,1-2H3. The first kappa shape index (κ1) is 20.5. The van der Waals surface area contributed by atoms with Gasteiger partial charge in [-0.05, 0) is 62.3 Å². The lowest BCUT2D eigenvalue weighted by Crippen LogP contribution is -2.45. The highest BCUT2D eigenvalue weighted by Gasteiger charge is 2.50. The second-order valence-electron chi connectivity index (χ2n) is 8.65. The first-order valence-electron chi connectivity index (χ1n) is 10.4. The van der Waals surface area contributed by atoms with Crippen LogP contribution in [0.4, 0.5) is 4.39 Å². The van der Waals surface area contributed by atoms with E-state index in [1.165, 1.54) is 12.1 Å². The minimum Gasteiger partial charge on any atom is -0.461 e. The molecule has 2 aliphatic rings. The zero-order chi connectivity index (χ0) is 21.3. The number of hydrogen-bond acceptors (Lipinski definition) is 4. The highest BCUT2D eigenvalue weighted by atomic mass is 19.1. The van der Waals surface area contributed by atoms with Crippen LogP contribution in [0.2, 0.25) is 0 Å². The summed E-state index contributed by atoms with van der Waals surface area (Å²) in [4.78, 5) is 29.5. The molecule has 2 saturated heterocycles. The van der Waals surface area contributed by atoms with E-state index in [0.29, 0.717) is 31.5 Å². The average Bonchev–Trinajstić information content (AvgIpc) is 3.02. The summed E-state index contributed by atoms with van der Waals surface area (Å²) in [5, 5.41) is 0. The van der Waals surface area contributed by atoms with Crippen molar-refractivity contribution in [3.8, 4) is 11.1 Å². The van der Waals surface area contributed by atoms with Crippen LogP contribution in [0.1, 0.15) is 29.6 Å². The smallest absolute Gasteiger partial charge is 0.312 e. The van der Waals surface area contributed by atoms with Gasteiger partial charge in [-0.2, -0.15) is 0 Å². The SMILES string of the molecule is CN(C)CC1CC2(CCN(C(=O)c3cccc(-c4ccc(F)cc4)c3)CC2)C(=O)O1. The zero-order valence-electron chi connectivity index (χ0n) is 17.4. The third kappa shape index (κ3) is 4.10. The fourth-order valence-electron chi connectivity index (χ4n) is 4.55. The molecular formula is C24H27FN2O3. The molecule has 0 N–H and O–H groups in total. The number of rotatable bonds is 4. The molecule has 2 heterocycles. The quantitative estimate of drug-likeness (QED) is 0.723. The summed E-state index contributed by atoms with van der Waals surface area (Å²) in [6.45, 7) is 1.82. The number of carbonyl (C=O) groups is 2. The number of esters is 1. The number of likely N-dealkylation sites (tertiary alicyclic amines) is 1. The Morgan fingerprint density at radius 3 is 2.50 bits per heavy atom. The molecule has 2 aliphatic heterocycles. The summed E-state index contributed by atoms with van der Waals surface area (Å²) in [6, 6.07) is 13.6. The molecule has 2 aromatic rings. The highest BCUT2D eigenvalue weighted by molar-refractivity contribution is 5.95. The molecule has 158 valence electrons. The van der Waals surface area contributed by atoms with Crippen molar-refractivity contribution < 1.29 is 18.7 Å². The summed E-state index contributed by atoms with van der Waals surface area (Å²) >= 11 is 0. The van der Waals surface area contributed by atoms with Gasteiger partial charge < -0.3 is 14.5 Å². The van der Waals surface area contributed by atoms with Crippen molar-refractivity contribution in [2.45, 2.75) is 25.4 Å². The number of nitrogens with zero attached hydrogens (tertiary/aromatic N) is 2. The molecule has 1 amide bonds. The lowest BCUT2D eigenvalue weighted by atomic mass is 9.76. The predicted octanol–water partition coefficient (Wildman–Crippen LogP) is 3.59. The van der Waals surface area contributed by atoms with Gasteiger partial charge in [0.2, 0.25) is 0 Å². The van der Waals surface area contributed by atoms with Crippen LogP contribution < -0.4 is 0 Å². The number of likely N-dealkylation sites (N-methyl/N-ethyl adjacent to an activating group) is 1. The Morgan fingerprint density at radius 1 is 1.13 bits per heavy atom. The van der Waals surface area contributed by atoms with Gasteiger partial charge in [0, 0.05) is 31.6 Å². The van der Waals surface area contributed by atoms with Crippen LogP contribution >= 0.6 is 0 Å². The molecule has 0 bridgehead atoms. The van der Waals surface area contributed by atoms with Crippen LogP contribution in [0.5, 0.6) is 0 Å².